The minimum atomic E-state index is -0.310. The Morgan fingerprint density at radius 3 is 2.68 bits per heavy atom. The molecule has 4 nitrogen and oxygen atoms in total. The van der Waals surface area contributed by atoms with Crippen molar-refractivity contribution in [1.29, 1.82) is 0 Å². The lowest BCUT2D eigenvalue weighted by Crippen LogP contribution is -2.02. The Morgan fingerprint density at radius 2 is 1.93 bits per heavy atom. The Hall–Kier alpha value is -2.18. The minimum Gasteiger partial charge on any atom is -0.423 e. The van der Waals surface area contributed by atoms with Gasteiger partial charge in [0.25, 0.3) is 0 Å². The molecule has 28 heavy (non-hydrogen) atoms. The third kappa shape index (κ3) is 3.35. The summed E-state index contributed by atoms with van der Waals surface area (Å²) in [5, 5.41) is 3.09. The molecule has 0 radical (unpaired) electrons. The van der Waals surface area contributed by atoms with Crippen molar-refractivity contribution < 1.29 is 4.42 Å². The molecule has 1 aromatic carbocycles. The van der Waals surface area contributed by atoms with Crippen LogP contribution in [0.5, 0.6) is 0 Å². The molecule has 0 aliphatic carbocycles. The quantitative estimate of drug-likeness (QED) is 0.230. The van der Waals surface area contributed by atoms with Gasteiger partial charge in [-0.25, -0.2) is 14.8 Å². The number of aryl methyl sites for hydroxylation is 3. The smallest absolute Gasteiger partial charge is 0.336 e. The fourth-order valence-corrected chi connectivity index (χ4v) is 5.65. The van der Waals surface area contributed by atoms with E-state index in [-0.39, 0.29) is 5.63 Å². The van der Waals surface area contributed by atoms with Gasteiger partial charge in [0.1, 0.15) is 21.8 Å². The molecular weight excluding hydrogens is 388 g/mol. The van der Waals surface area contributed by atoms with E-state index >= 15 is 0 Å². The van der Waals surface area contributed by atoms with Gasteiger partial charge in [0, 0.05) is 27.5 Å². The molecule has 0 N–H and O–H groups in total. The second-order valence-electron chi connectivity index (χ2n) is 7.38. The van der Waals surface area contributed by atoms with Crippen molar-refractivity contribution in [2.45, 2.75) is 51.3 Å². The van der Waals surface area contributed by atoms with Crippen molar-refractivity contribution in [3.63, 3.8) is 0 Å². The van der Waals surface area contributed by atoms with E-state index in [1.54, 1.807) is 35.5 Å². The molecule has 6 heteroatoms. The number of fused-ring (bicyclic) bond motifs is 2. The van der Waals surface area contributed by atoms with E-state index in [0.29, 0.717) is 17.3 Å². The Morgan fingerprint density at radius 1 is 1.14 bits per heavy atom. The summed E-state index contributed by atoms with van der Waals surface area (Å²) in [6.07, 6.45) is 1.62. The Labute approximate surface area is 172 Å². The summed E-state index contributed by atoms with van der Waals surface area (Å²) in [6.45, 7) is 10.7. The highest BCUT2D eigenvalue weighted by molar-refractivity contribution is 7.98. The normalized spacial score (nSPS) is 11.8. The number of nitrogens with zero attached hydrogens (tertiary/aromatic N) is 2. The molecule has 0 fully saturated rings. The number of thiophene rings is 1. The van der Waals surface area contributed by atoms with Crippen molar-refractivity contribution >= 4 is 44.3 Å². The van der Waals surface area contributed by atoms with Crippen LogP contribution in [0.4, 0.5) is 0 Å². The first-order valence-electron chi connectivity index (χ1n) is 9.26. The monoisotopic (exact) mass is 410 g/mol. The van der Waals surface area contributed by atoms with Gasteiger partial charge in [-0.1, -0.05) is 13.8 Å². The van der Waals surface area contributed by atoms with E-state index in [0.717, 1.165) is 31.8 Å². The lowest BCUT2D eigenvalue weighted by molar-refractivity contribution is 0.559. The first-order chi connectivity index (χ1) is 13.3. The van der Waals surface area contributed by atoms with E-state index in [9.17, 15) is 4.79 Å². The van der Waals surface area contributed by atoms with Gasteiger partial charge >= 0.3 is 5.63 Å². The molecule has 0 saturated heterocycles. The zero-order valence-electron chi connectivity index (χ0n) is 16.6. The first kappa shape index (κ1) is 19.2. The third-order valence-electron chi connectivity index (χ3n) is 5.13. The van der Waals surface area contributed by atoms with Gasteiger partial charge in [-0.15, -0.1) is 23.1 Å². The van der Waals surface area contributed by atoms with E-state index in [2.05, 4.69) is 50.7 Å². The SMILES string of the molecule is Cc1cc2oc(=O)cc(CSc3ncnc4sc(C)c(C)c34)c2cc1C(C)C. The maximum Gasteiger partial charge on any atom is 0.336 e. The lowest BCUT2D eigenvalue weighted by Gasteiger charge is -2.13. The van der Waals surface area contributed by atoms with E-state index in [1.807, 2.05) is 6.07 Å². The molecule has 144 valence electrons. The number of hydrogen-bond acceptors (Lipinski definition) is 6. The van der Waals surface area contributed by atoms with Crippen LogP contribution >= 0.6 is 23.1 Å². The van der Waals surface area contributed by atoms with Crippen LogP contribution in [0.3, 0.4) is 0 Å². The largest absolute Gasteiger partial charge is 0.423 e. The van der Waals surface area contributed by atoms with Gasteiger partial charge in [-0.2, -0.15) is 0 Å². The summed E-state index contributed by atoms with van der Waals surface area (Å²) in [6, 6.07) is 5.76. The number of hydrogen-bond donors (Lipinski definition) is 0. The average molecular weight is 411 g/mol. The minimum absolute atomic E-state index is 0.310. The van der Waals surface area contributed by atoms with E-state index < -0.39 is 0 Å². The predicted octanol–water partition coefficient (Wildman–Crippen LogP) is 6.14. The van der Waals surface area contributed by atoms with Gasteiger partial charge in [0.05, 0.1) is 0 Å². The topological polar surface area (TPSA) is 56.0 Å². The molecule has 0 unspecified atom stereocenters. The van der Waals surface area contributed by atoms with Gasteiger partial charge in [-0.05, 0) is 61.1 Å². The lowest BCUT2D eigenvalue weighted by atomic mass is 9.95. The molecule has 0 atom stereocenters. The van der Waals surface area contributed by atoms with Gasteiger partial charge in [-0.3, -0.25) is 0 Å². The van der Waals surface area contributed by atoms with Crippen molar-refractivity contribution in [1.82, 2.24) is 9.97 Å². The van der Waals surface area contributed by atoms with Crippen LogP contribution in [-0.2, 0) is 5.75 Å². The van der Waals surface area contributed by atoms with Crippen LogP contribution in [0.25, 0.3) is 21.2 Å². The highest BCUT2D eigenvalue weighted by atomic mass is 32.2. The summed E-state index contributed by atoms with van der Waals surface area (Å²) >= 11 is 3.34. The molecule has 0 bridgehead atoms. The predicted molar refractivity (Wildman–Crippen MR) is 118 cm³/mol. The summed E-state index contributed by atoms with van der Waals surface area (Å²) in [5.41, 5.74) is 4.99. The number of thioether (sulfide) groups is 1. The second-order valence-corrected chi connectivity index (χ2v) is 9.55. The highest BCUT2D eigenvalue weighted by Crippen LogP contribution is 2.36. The average Bonchev–Trinajstić information content (AvgIpc) is 2.93. The summed E-state index contributed by atoms with van der Waals surface area (Å²) in [4.78, 5) is 23.3. The number of benzene rings is 1. The van der Waals surface area contributed by atoms with Gasteiger partial charge in [0.15, 0.2) is 0 Å². The van der Waals surface area contributed by atoms with E-state index in [1.165, 1.54) is 16.0 Å². The molecular formula is C22H22N2O2S2. The van der Waals surface area contributed by atoms with Crippen LogP contribution < -0.4 is 5.63 Å². The zero-order valence-corrected chi connectivity index (χ0v) is 18.3. The summed E-state index contributed by atoms with van der Waals surface area (Å²) in [5.74, 6) is 1.07. The van der Waals surface area contributed by atoms with Gasteiger partial charge in [0.2, 0.25) is 0 Å². The molecule has 0 aliphatic rings. The summed E-state index contributed by atoms with van der Waals surface area (Å²) < 4.78 is 5.47. The Bertz CT molecular complexity index is 1260. The molecule has 3 aromatic heterocycles. The molecule has 3 heterocycles. The highest BCUT2D eigenvalue weighted by Gasteiger charge is 2.15. The molecule has 4 rings (SSSR count). The van der Waals surface area contributed by atoms with Crippen molar-refractivity contribution in [2.75, 3.05) is 0 Å². The van der Waals surface area contributed by atoms with Crippen molar-refractivity contribution in [3.05, 3.63) is 62.1 Å². The maximum absolute atomic E-state index is 12.1. The maximum atomic E-state index is 12.1. The molecule has 0 aliphatic heterocycles. The van der Waals surface area contributed by atoms with E-state index in [4.69, 9.17) is 4.42 Å². The Kier molecular flexibility index (Phi) is 5.02. The first-order valence-corrected chi connectivity index (χ1v) is 11.1. The second kappa shape index (κ2) is 7.33. The van der Waals surface area contributed by atoms with Gasteiger partial charge < -0.3 is 4.42 Å². The van der Waals surface area contributed by atoms with Crippen LogP contribution in [0.2, 0.25) is 0 Å². The summed E-state index contributed by atoms with van der Waals surface area (Å²) in [7, 11) is 0. The van der Waals surface area contributed by atoms with Crippen LogP contribution in [0.15, 0.2) is 38.8 Å². The van der Waals surface area contributed by atoms with Crippen molar-refractivity contribution in [3.8, 4) is 0 Å². The fraction of sp³-hybridized carbons (Fsp3) is 0.318. The number of aromatic nitrogens is 2. The van der Waals surface area contributed by atoms with Crippen molar-refractivity contribution in [2.24, 2.45) is 0 Å². The molecule has 0 amide bonds. The molecule has 0 saturated carbocycles. The third-order valence-corrected chi connectivity index (χ3v) is 7.29. The molecule has 0 spiro atoms. The standard InChI is InChI=1S/C22H22N2O2S2/c1-11(2)16-8-17-15(7-19(25)26-18(17)6-12(16)3)9-27-21-20-13(4)14(5)28-22(20)24-10-23-21/h6-8,10-11H,9H2,1-5H3. The fourth-order valence-electron chi connectivity index (χ4n) is 3.54. The number of rotatable bonds is 4. The van der Waals surface area contributed by atoms with Crippen LogP contribution in [0, 0.1) is 20.8 Å². The molecule has 4 aromatic rings. The van der Waals surface area contributed by atoms with Crippen LogP contribution in [0.1, 0.15) is 46.9 Å². The Balaban J connectivity index is 1.78. The van der Waals surface area contributed by atoms with Crippen LogP contribution in [-0.4, -0.2) is 9.97 Å². The zero-order chi connectivity index (χ0) is 20.0.